The summed E-state index contributed by atoms with van der Waals surface area (Å²) in [6, 6.07) is 5.57. The maximum atomic E-state index is 13.3. The third kappa shape index (κ3) is 3.69. The molecule has 1 aromatic carbocycles. The van der Waals surface area contributed by atoms with Crippen LogP contribution in [0.1, 0.15) is 34.7 Å². The van der Waals surface area contributed by atoms with Crippen molar-refractivity contribution >= 4 is 10.9 Å². The number of rotatable bonds is 4. The van der Waals surface area contributed by atoms with Crippen molar-refractivity contribution in [2.24, 2.45) is 0 Å². The van der Waals surface area contributed by atoms with Crippen LogP contribution in [0.5, 0.6) is 0 Å². The van der Waals surface area contributed by atoms with Crippen LogP contribution in [0.15, 0.2) is 47.9 Å². The summed E-state index contributed by atoms with van der Waals surface area (Å²) >= 11 is 0. The molecule has 1 N–H and O–H groups in total. The molecule has 1 aliphatic rings. The summed E-state index contributed by atoms with van der Waals surface area (Å²) in [7, 11) is 0. The van der Waals surface area contributed by atoms with Crippen LogP contribution in [0.4, 0.5) is 0 Å². The summed E-state index contributed by atoms with van der Waals surface area (Å²) in [5.41, 5.74) is 4.51. The molecule has 2 atom stereocenters. The molecule has 4 aromatic rings. The van der Waals surface area contributed by atoms with Crippen LogP contribution < -0.4 is 5.56 Å². The SMILES string of the molecule is Cc1c(Cc2ccc(-n3ccnc3)nc2)cc2c(=O)n([C@@H]3COC[C@@H](O)C3)nnc2c1C. The standard InChI is InChI=1S/C23H24N6O3/c1-14-15(2)22-20(23(31)29(27-26-22)18-9-19(30)12-32-11-18)8-17(14)7-16-3-4-21(25-10-16)28-6-5-24-13-28/h3-6,8,10,13,18-19,30H,7,9,11-12H2,1-2H3/t18-,19-/m0/s1. The first kappa shape index (κ1) is 20.5. The summed E-state index contributed by atoms with van der Waals surface area (Å²) in [5.74, 6) is 0.799. The summed E-state index contributed by atoms with van der Waals surface area (Å²) in [6.45, 7) is 4.62. The lowest BCUT2D eigenvalue weighted by atomic mass is 9.95. The van der Waals surface area contributed by atoms with E-state index in [-0.39, 0.29) is 18.2 Å². The molecular weight excluding hydrogens is 408 g/mol. The number of benzene rings is 1. The predicted molar refractivity (Wildman–Crippen MR) is 118 cm³/mol. The lowest BCUT2D eigenvalue weighted by molar-refractivity contribution is -0.0357. The second-order valence-electron chi connectivity index (χ2n) is 8.27. The molecule has 0 saturated carbocycles. The molecule has 0 aliphatic carbocycles. The summed E-state index contributed by atoms with van der Waals surface area (Å²) in [4.78, 5) is 21.9. The number of aliphatic hydroxyl groups is 1. The topological polar surface area (TPSA) is 108 Å². The fourth-order valence-corrected chi connectivity index (χ4v) is 4.19. The second kappa shape index (κ2) is 8.25. The molecule has 9 nitrogen and oxygen atoms in total. The normalized spacial score (nSPS) is 18.8. The first-order valence-electron chi connectivity index (χ1n) is 10.6. The highest BCUT2D eigenvalue weighted by Crippen LogP contribution is 2.25. The Hall–Kier alpha value is -3.43. The monoisotopic (exact) mass is 432 g/mol. The molecule has 1 saturated heterocycles. The fourth-order valence-electron chi connectivity index (χ4n) is 4.19. The zero-order valence-corrected chi connectivity index (χ0v) is 18.0. The minimum Gasteiger partial charge on any atom is -0.391 e. The van der Waals surface area contributed by atoms with Gasteiger partial charge in [-0.25, -0.2) is 14.6 Å². The number of ether oxygens (including phenoxy) is 1. The van der Waals surface area contributed by atoms with Crippen molar-refractivity contribution in [2.75, 3.05) is 13.2 Å². The molecule has 9 heteroatoms. The molecule has 1 aliphatic heterocycles. The molecule has 0 spiro atoms. The molecule has 5 rings (SSSR count). The maximum absolute atomic E-state index is 13.3. The Bertz CT molecular complexity index is 1310. The molecule has 0 amide bonds. The number of fused-ring (bicyclic) bond motifs is 1. The Morgan fingerprint density at radius 3 is 2.81 bits per heavy atom. The summed E-state index contributed by atoms with van der Waals surface area (Å²) in [6.07, 6.45) is 7.58. The third-order valence-corrected chi connectivity index (χ3v) is 6.14. The van der Waals surface area contributed by atoms with Gasteiger partial charge in [0.2, 0.25) is 0 Å². The van der Waals surface area contributed by atoms with Crippen LogP contribution in [-0.4, -0.2) is 54.0 Å². The van der Waals surface area contributed by atoms with Crippen LogP contribution >= 0.6 is 0 Å². The number of aromatic nitrogens is 6. The minimum absolute atomic E-state index is 0.212. The first-order chi connectivity index (χ1) is 15.5. The van der Waals surface area contributed by atoms with Crippen molar-refractivity contribution in [1.29, 1.82) is 0 Å². The first-order valence-corrected chi connectivity index (χ1v) is 10.6. The molecule has 1 fully saturated rings. The van der Waals surface area contributed by atoms with Gasteiger partial charge in [0, 0.05) is 25.0 Å². The van der Waals surface area contributed by atoms with Crippen LogP contribution in [0.2, 0.25) is 0 Å². The Kier molecular flexibility index (Phi) is 5.28. The fraction of sp³-hybridized carbons (Fsp3) is 0.348. The number of imidazole rings is 1. The molecule has 0 radical (unpaired) electrons. The highest BCUT2D eigenvalue weighted by atomic mass is 16.5. The van der Waals surface area contributed by atoms with E-state index in [0.717, 1.165) is 28.1 Å². The highest BCUT2D eigenvalue weighted by molar-refractivity contribution is 5.82. The van der Waals surface area contributed by atoms with Crippen molar-refractivity contribution in [3.05, 3.63) is 75.7 Å². The molecule has 0 unspecified atom stereocenters. The van der Waals surface area contributed by atoms with Gasteiger partial charge >= 0.3 is 0 Å². The van der Waals surface area contributed by atoms with E-state index in [0.29, 0.717) is 30.4 Å². The van der Waals surface area contributed by atoms with Gasteiger partial charge in [-0.2, -0.15) is 0 Å². The van der Waals surface area contributed by atoms with E-state index in [1.807, 2.05) is 49.0 Å². The van der Waals surface area contributed by atoms with E-state index in [4.69, 9.17) is 4.74 Å². The van der Waals surface area contributed by atoms with E-state index in [2.05, 4.69) is 20.3 Å². The second-order valence-corrected chi connectivity index (χ2v) is 8.27. The quantitative estimate of drug-likeness (QED) is 0.525. The van der Waals surface area contributed by atoms with Crippen LogP contribution in [-0.2, 0) is 11.2 Å². The lowest BCUT2D eigenvalue weighted by Crippen LogP contribution is -2.38. The Morgan fingerprint density at radius 2 is 2.09 bits per heavy atom. The van der Waals surface area contributed by atoms with Gasteiger partial charge in [0.1, 0.15) is 17.7 Å². The lowest BCUT2D eigenvalue weighted by Gasteiger charge is -2.26. The molecule has 164 valence electrons. The largest absolute Gasteiger partial charge is 0.391 e. The molecule has 4 heterocycles. The van der Waals surface area contributed by atoms with Crippen LogP contribution in [0, 0.1) is 13.8 Å². The van der Waals surface area contributed by atoms with Crippen LogP contribution in [0.3, 0.4) is 0 Å². The van der Waals surface area contributed by atoms with Gasteiger partial charge in [-0.05, 0) is 54.7 Å². The zero-order chi connectivity index (χ0) is 22.2. The van der Waals surface area contributed by atoms with Crippen molar-refractivity contribution in [1.82, 2.24) is 29.5 Å². The van der Waals surface area contributed by atoms with E-state index >= 15 is 0 Å². The number of aliphatic hydroxyl groups excluding tert-OH is 1. The van der Waals surface area contributed by atoms with Gasteiger partial charge in [-0.3, -0.25) is 9.36 Å². The number of hydrogen-bond donors (Lipinski definition) is 1. The van der Waals surface area contributed by atoms with Crippen LogP contribution in [0.25, 0.3) is 16.7 Å². The average Bonchev–Trinajstić information content (AvgIpc) is 3.33. The van der Waals surface area contributed by atoms with Crippen molar-refractivity contribution in [3.8, 4) is 5.82 Å². The van der Waals surface area contributed by atoms with Gasteiger partial charge < -0.3 is 9.84 Å². The number of aryl methyl sites for hydroxylation is 1. The Morgan fingerprint density at radius 1 is 1.22 bits per heavy atom. The number of nitrogens with zero attached hydrogens (tertiary/aromatic N) is 6. The highest BCUT2D eigenvalue weighted by Gasteiger charge is 2.25. The minimum atomic E-state index is -0.605. The van der Waals surface area contributed by atoms with Crippen molar-refractivity contribution < 1.29 is 9.84 Å². The predicted octanol–water partition coefficient (Wildman–Crippen LogP) is 1.90. The van der Waals surface area contributed by atoms with Crippen molar-refractivity contribution in [2.45, 2.75) is 38.8 Å². The van der Waals surface area contributed by atoms with Crippen molar-refractivity contribution in [3.63, 3.8) is 0 Å². The summed E-state index contributed by atoms with van der Waals surface area (Å²) < 4.78 is 8.61. The van der Waals surface area contributed by atoms with E-state index in [1.165, 1.54) is 4.68 Å². The Labute approximate surface area is 184 Å². The van der Waals surface area contributed by atoms with Gasteiger partial charge in [0.25, 0.3) is 5.56 Å². The average molecular weight is 432 g/mol. The van der Waals surface area contributed by atoms with E-state index in [9.17, 15) is 9.90 Å². The zero-order valence-electron chi connectivity index (χ0n) is 18.0. The third-order valence-electron chi connectivity index (χ3n) is 6.14. The number of pyridine rings is 1. The van der Waals surface area contributed by atoms with E-state index in [1.54, 1.807) is 12.5 Å². The van der Waals surface area contributed by atoms with E-state index < -0.39 is 6.10 Å². The maximum Gasteiger partial charge on any atom is 0.277 e. The molecule has 3 aromatic heterocycles. The van der Waals surface area contributed by atoms with Gasteiger partial charge in [0.15, 0.2) is 0 Å². The number of hydrogen-bond acceptors (Lipinski definition) is 7. The van der Waals surface area contributed by atoms with Gasteiger partial charge in [-0.15, -0.1) is 5.10 Å². The molecular formula is C23H24N6O3. The summed E-state index contributed by atoms with van der Waals surface area (Å²) in [5, 5.41) is 18.9. The van der Waals surface area contributed by atoms with Gasteiger partial charge in [0.05, 0.1) is 30.7 Å². The van der Waals surface area contributed by atoms with Gasteiger partial charge in [-0.1, -0.05) is 11.3 Å². The molecule has 0 bridgehead atoms. The smallest absolute Gasteiger partial charge is 0.277 e. The molecule has 32 heavy (non-hydrogen) atoms. The Balaban J connectivity index is 1.51.